The number of fused-ring (bicyclic) bond motifs is 5. The van der Waals surface area contributed by atoms with Crippen molar-refractivity contribution in [3.8, 4) is 5.69 Å². The molecule has 3 atom stereocenters. The molecule has 1 fully saturated rings. The minimum atomic E-state index is -3.93. The quantitative estimate of drug-likeness (QED) is 0.121. The van der Waals surface area contributed by atoms with Crippen LogP contribution in [0.15, 0.2) is 53.3 Å². The van der Waals surface area contributed by atoms with Gasteiger partial charge in [-0.15, -0.1) is 0 Å². The van der Waals surface area contributed by atoms with E-state index in [-0.39, 0.29) is 61.4 Å². The first kappa shape index (κ1) is 39.8. The molecule has 0 bridgehead atoms. The number of carbonyl (C=O) groups is 2. The van der Waals surface area contributed by atoms with Gasteiger partial charge in [-0.05, 0) is 54.3 Å². The number of sulfonamides is 1. The Kier molecular flexibility index (Phi) is 9.53. The highest BCUT2D eigenvalue weighted by Crippen LogP contribution is 2.68. The summed E-state index contributed by atoms with van der Waals surface area (Å²) in [5, 5.41) is 10.4. The van der Waals surface area contributed by atoms with Crippen LogP contribution < -0.4 is 15.6 Å². The molecule has 0 spiro atoms. The normalized spacial score (nSPS) is 17.3. The van der Waals surface area contributed by atoms with Crippen LogP contribution in [0.25, 0.3) is 27.5 Å². The molecule has 1 saturated carbocycles. The first-order chi connectivity index (χ1) is 27.8. The molecule has 2 aliphatic carbocycles. The number of esters is 1. The van der Waals surface area contributed by atoms with E-state index in [0.29, 0.717) is 10.7 Å². The maximum atomic E-state index is 15.4. The number of aryl methyl sites for hydroxylation is 1. The van der Waals surface area contributed by atoms with Gasteiger partial charge in [0.2, 0.25) is 15.9 Å². The fourth-order valence-electron chi connectivity index (χ4n) is 7.88. The number of anilines is 1. The predicted octanol–water partition coefficient (Wildman–Crippen LogP) is 5.81. The van der Waals surface area contributed by atoms with Crippen LogP contribution in [0.2, 0.25) is 5.02 Å². The lowest BCUT2D eigenvalue weighted by atomic mass is 10.0. The number of para-hydroxylation sites is 1. The Morgan fingerprint density at radius 1 is 1.08 bits per heavy atom. The van der Waals surface area contributed by atoms with Crippen molar-refractivity contribution in [3.63, 3.8) is 0 Å². The van der Waals surface area contributed by atoms with Crippen molar-refractivity contribution in [2.75, 3.05) is 18.1 Å². The number of methoxy groups -OCH3 is 1. The molecule has 59 heavy (non-hydrogen) atoms. The molecule has 0 radical (unpaired) electrons. The lowest BCUT2D eigenvalue weighted by molar-refractivity contribution is -0.123. The molecule has 22 heteroatoms. The second-order valence-corrected chi connectivity index (χ2v) is 16.4. The molecule has 6 aromatic rings. The standard InChI is InChI=1S/C37H29ClF6N8O6S/c1-50-30-24(8-7-22(38)27(30)33(48-50)49-59(3,56)57)52-34(46-28-18(35(52)54)5-4-6-19(28)36(55)58-2)23(11-15-9-16(39)12-17(40)10-15)45-25(53)14-51-31-26(29(47-51)32(41)42)20-13-21(20)37(31,43)44/h4-10,12,20-21,23,32H,11,13-14H2,1-3H3,(H,45,53)(H,48,49)/t20-,21+,23?/m0/s1. The maximum absolute atomic E-state index is 15.4. The highest BCUT2D eigenvalue weighted by molar-refractivity contribution is 7.92. The Hall–Kier alpha value is -5.96. The Morgan fingerprint density at radius 2 is 1.80 bits per heavy atom. The average Bonchev–Trinajstić information content (AvgIpc) is 3.69. The second-order valence-electron chi connectivity index (χ2n) is 14.2. The van der Waals surface area contributed by atoms with E-state index in [1.54, 1.807) is 0 Å². The van der Waals surface area contributed by atoms with Gasteiger partial charge in [0, 0.05) is 31.0 Å². The van der Waals surface area contributed by atoms with Gasteiger partial charge >= 0.3 is 5.97 Å². The molecule has 8 rings (SSSR count). The zero-order chi connectivity index (χ0) is 42.5. The summed E-state index contributed by atoms with van der Waals surface area (Å²) in [7, 11) is -1.44. The second kappa shape index (κ2) is 14.1. The van der Waals surface area contributed by atoms with E-state index in [1.165, 1.54) is 42.1 Å². The van der Waals surface area contributed by atoms with E-state index in [0.717, 1.165) is 30.1 Å². The van der Waals surface area contributed by atoms with E-state index in [2.05, 4.69) is 25.2 Å². The lowest BCUT2D eigenvalue weighted by Crippen LogP contribution is -2.38. The fraction of sp³-hybridized carbons (Fsp3) is 0.297. The van der Waals surface area contributed by atoms with Gasteiger partial charge < -0.3 is 10.1 Å². The number of halogens is 7. The number of amides is 1. The molecule has 1 unspecified atom stereocenters. The number of rotatable bonds is 11. The van der Waals surface area contributed by atoms with Gasteiger partial charge in [0.05, 0.1) is 57.5 Å². The molecule has 3 aromatic carbocycles. The average molecular weight is 863 g/mol. The number of aromatic nitrogens is 6. The zero-order valence-corrected chi connectivity index (χ0v) is 32.3. The number of nitrogens with zero attached hydrogens (tertiary/aromatic N) is 6. The highest BCUT2D eigenvalue weighted by atomic mass is 35.5. The summed E-state index contributed by atoms with van der Waals surface area (Å²) < 4.78 is 123. The van der Waals surface area contributed by atoms with Crippen LogP contribution >= 0.6 is 11.6 Å². The molecule has 308 valence electrons. The summed E-state index contributed by atoms with van der Waals surface area (Å²) in [6, 6.07) is 7.51. The fourth-order valence-corrected chi connectivity index (χ4v) is 8.61. The molecule has 0 aliphatic heterocycles. The number of nitrogens with one attached hydrogen (secondary N) is 2. The van der Waals surface area contributed by atoms with Crippen LogP contribution in [-0.2, 0) is 45.5 Å². The molecule has 14 nitrogen and oxygen atoms in total. The molecule has 1 amide bonds. The number of alkyl halides is 4. The van der Waals surface area contributed by atoms with E-state index in [9.17, 15) is 40.4 Å². The first-order valence-electron chi connectivity index (χ1n) is 17.6. The highest BCUT2D eigenvalue weighted by Gasteiger charge is 2.67. The molecule has 0 saturated heterocycles. The third-order valence-corrected chi connectivity index (χ3v) is 11.1. The van der Waals surface area contributed by atoms with E-state index < -0.39 is 99.5 Å². The van der Waals surface area contributed by atoms with Crippen molar-refractivity contribution in [2.45, 2.75) is 43.7 Å². The maximum Gasteiger partial charge on any atom is 0.340 e. The number of ether oxygens (including phenoxy) is 1. The molecule has 2 N–H and O–H groups in total. The number of carbonyl (C=O) groups excluding carboxylic acids is 2. The van der Waals surface area contributed by atoms with Gasteiger partial charge in [-0.3, -0.25) is 28.2 Å². The zero-order valence-electron chi connectivity index (χ0n) is 30.7. The van der Waals surface area contributed by atoms with Crippen molar-refractivity contribution in [3.05, 3.63) is 109 Å². The summed E-state index contributed by atoms with van der Waals surface area (Å²) in [6.45, 7) is -1.03. The predicted molar refractivity (Wildman–Crippen MR) is 199 cm³/mol. The first-order valence-corrected chi connectivity index (χ1v) is 19.8. The summed E-state index contributed by atoms with van der Waals surface area (Å²) in [6.07, 6.45) is -2.92. The van der Waals surface area contributed by atoms with Gasteiger partial charge in [0.1, 0.15) is 35.4 Å². The summed E-state index contributed by atoms with van der Waals surface area (Å²) in [4.78, 5) is 46.5. The van der Waals surface area contributed by atoms with Crippen molar-refractivity contribution in [1.29, 1.82) is 0 Å². The van der Waals surface area contributed by atoms with Crippen LogP contribution in [0.3, 0.4) is 0 Å². The Morgan fingerprint density at radius 3 is 2.46 bits per heavy atom. The van der Waals surface area contributed by atoms with Crippen LogP contribution in [0.4, 0.5) is 32.2 Å². The lowest BCUT2D eigenvalue weighted by Gasteiger charge is -2.24. The molecular formula is C37H29ClF6N8O6S. The van der Waals surface area contributed by atoms with Crippen molar-refractivity contribution in [1.82, 2.24) is 34.4 Å². The van der Waals surface area contributed by atoms with Crippen LogP contribution in [-0.4, -0.2) is 62.8 Å². The van der Waals surface area contributed by atoms with Gasteiger partial charge in [-0.2, -0.15) is 19.0 Å². The van der Waals surface area contributed by atoms with E-state index in [4.69, 9.17) is 16.3 Å². The molecule has 2 aliphatic rings. The van der Waals surface area contributed by atoms with Crippen molar-refractivity contribution >= 4 is 61.1 Å². The van der Waals surface area contributed by atoms with Crippen LogP contribution in [0, 0.1) is 17.6 Å². The Bertz CT molecular complexity index is 2930. The number of hydrogen-bond donors (Lipinski definition) is 2. The number of hydrogen-bond acceptors (Lipinski definition) is 9. The van der Waals surface area contributed by atoms with Crippen molar-refractivity contribution in [2.24, 2.45) is 13.0 Å². The Labute approximate surface area is 333 Å². The van der Waals surface area contributed by atoms with Crippen LogP contribution in [0.5, 0.6) is 0 Å². The number of benzene rings is 3. The van der Waals surface area contributed by atoms with Gasteiger partial charge in [0.25, 0.3) is 17.9 Å². The molecule has 3 aromatic heterocycles. The van der Waals surface area contributed by atoms with Gasteiger partial charge in [-0.1, -0.05) is 17.7 Å². The smallest absolute Gasteiger partial charge is 0.340 e. The minimum Gasteiger partial charge on any atom is -0.465 e. The van der Waals surface area contributed by atoms with Crippen LogP contribution in [0.1, 0.15) is 63.5 Å². The van der Waals surface area contributed by atoms with Crippen molar-refractivity contribution < 1.29 is 49.1 Å². The topological polar surface area (TPSA) is 172 Å². The largest absolute Gasteiger partial charge is 0.465 e. The van der Waals surface area contributed by atoms with E-state index >= 15 is 8.78 Å². The third kappa shape index (κ3) is 6.84. The summed E-state index contributed by atoms with van der Waals surface area (Å²) in [5.41, 5.74) is -3.45. The van der Waals surface area contributed by atoms with E-state index in [1.807, 2.05) is 0 Å². The van der Waals surface area contributed by atoms with Gasteiger partial charge in [-0.25, -0.2) is 35.8 Å². The summed E-state index contributed by atoms with van der Waals surface area (Å²) in [5.74, 6) is -10.3. The summed E-state index contributed by atoms with van der Waals surface area (Å²) >= 11 is 6.57. The Balaban J connectivity index is 1.36. The third-order valence-electron chi connectivity index (χ3n) is 10.2. The minimum absolute atomic E-state index is 0.0104. The molecular weight excluding hydrogens is 834 g/mol. The molecule has 3 heterocycles. The monoisotopic (exact) mass is 862 g/mol. The SMILES string of the molecule is COC(=O)c1cccc2c(=O)n(-c3ccc(Cl)c4c(NS(C)(=O)=O)nn(C)c34)c(C(Cc3cc(F)cc(F)c3)NC(=O)Cn3nc(C(F)F)c4c3C(F)(F)[C@@H]3C[C@H]43)nc12. The van der Waals surface area contributed by atoms with Gasteiger partial charge in [0.15, 0.2) is 5.82 Å².